The van der Waals surface area contributed by atoms with Crippen LogP contribution in [0.25, 0.3) is 0 Å². The summed E-state index contributed by atoms with van der Waals surface area (Å²) in [6.45, 7) is 23.0. The van der Waals surface area contributed by atoms with Crippen molar-refractivity contribution in [3.8, 4) is 0 Å². The minimum Gasteiger partial charge on any atom is -0.329 e. The molecule has 46 heavy (non-hydrogen) atoms. The molecule has 0 fully saturated rings. The number of benzene rings is 1. The topological polar surface area (TPSA) is 49.8 Å². The first-order chi connectivity index (χ1) is 21.5. The van der Waals surface area contributed by atoms with Crippen molar-refractivity contribution < 1.29 is 13.2 Å². The Morgan fingerprint density at radius 1 is 1.02 bits per heavy atom. The zero-order chi connectivity index (χ0) is 34.7. The van der Waals surface area contributed by atoms with Gasteiger partial charge in [0, 0.05) is 18.5 Å². The number of nitrogens with one attached hydrogen (secondary N) is 2. The van der Waals surface area contributed by atoms with Crippen LogP contribution in [-0.4, -0.2) is 21.7 Å². The van der Waals surface area contributed by atoms with Gasteiger partial charge < -0.3 is 5.43 Å². The van der Waals surface area contributed by atoms with Crippen LogP contribution >= 0.6 is 0 Å². The van der Waals surface area contributed by atoms with Crippen molar-refractivity contribution in [2.24, 2.45) is 5.92 Å². The molecule has 1 heterocycles. The Labute approximate surface area is 276 Å². The van der Waals surface area contributed by atoms with Crippen LogP contribution in [0.2, 0.25) is 0 Å². The highest BCUT2D eigenvalue weighted by Crippen LogP contribution is 2.40. The van der Waals surface area contributed by atoms with Crippen molar-refractivity contribution in [1.29, 1.82) is 0 Å². The van der Waals surface area contributed by atoms with Crippen molar-refractivity contribution in [1.82, 2.24) is 20.8 Å². The first-order valence-corrected chi connectivity index (χ1v) is 16.6. The summed E-state index contributed by atoms with van der Waals surface area (Å²) in [4.78, 5) is 8.45. The molecule has 0 spiro atoms. The fourth-order valence-electron chi connectivity index (χ4n) is 5.65. The van der Waals surface area contributed by atoms with Gasteiger partial charge in [-0.25, -0.2) is 19.8 Å². The number of hydrogen-bond donors (Lipinski definition) is 2. The standard InChI is InChI=1S/C39H57F3N4/c1-12-14-20-38(10,46-45-13-2)29(7)34(22-31-16-15-17-32(21-31)28(5)6)25-37(9,24-33(30(8)40)19-18-27(3)4)35-23-36(39(11,41)42)44-26-43-35/h13,15-19,21,23-24,26-28,30,45-46H,2,12,14,20,22,25H2,1,3-11H3/b19-18-,33-24+,34-29+. The highest BCUT2D eigenvalue weighted by Gasteiger charge is 2.35. The van der Waals surface area contributed by atoms with E-state index in [9.17, 15) is 8.78 Å². The lowest BCUT2D eigenvalue weighted by Crippen LogP contribution is -2.49. The van der Waals surface area contributed by atoms with Gasteiger partial charge in [-0.3, -0.25) is 0 Å². The SMILES string of the molecule is C=CNNC(C)(CCCC)/C(C)=C(\Cc1cccc(C(C)C)c1)CC(C)(/C=C(\C=C/C(C)C)C(C)F)c1cc(C(C)(F)F)ncn1. The molecule has 4 nitrogen and oxygen atoms in total. The Hall–Kier alpha value is -3.19. The van der Waals surface area contributed by atoms with E-state index < -0.39 is 23.0 Å². The van der Waals surface area contributed by atoms with Gasteiger partial charge in [0.05, 0.1) is 11.2 Å². The number of rotatable bonds is 18. The molecule has 2 rings (SSSR count). The second-order valence-corrected chi connectivity index (χ2v) is 13.8. The molecular weight excluding hydrogens is 581 g/mol. The summed E-state index contributed by atoms with van der Waals surface area (Å²) in [6.07, 6.45) is 11.2. The van der Waals surface area contributed by atoms with E-state index in [0.717, 1.165) is 42.9 Å². The fraction of sp³-hybridized carbons (Fsp3) is 0.538. The van der Waals surface area contributed by atoms with Gasteiger partial charge in [-0.1, -0.05) is 115 Å². The molecule has 7 heteroatoms. The highest BCUT2D eigenvalue weighted by atomic mass is 19.3. The fourth-order valence-corrected chi connectivity index (χ4v) is 5.65. The van der Waals surface area contributed by atoms with Gasteiger partial charge in [-0.2, -0.15) is 8.78 Å². The minimum atomic E-state index is -3.15. The molecule has 1 aromatic heterocycles. The zero-order valence-corrected chi connectivity index (χ0v) is 29.8. The summed E-state index contributed by atoms with van der Waals surface area (Å²) < 4.78 is 44.4. The van der Waals surface area contributed by atoms with E-state index >= 15 is 4.39 Å². The average molecular weight is 639 g/mol. The number of allylic oxidation sites excluding steroid dienone is 5. The van der Waals surface area contributed by atoms with E-state index in [2.05, 4.69) is 86.3 Å². The lowest BCUT2D eigenvalue weighted by molar-refractivity contribution is 0.0124. The van der Waals surface area contributed by atoms with E-state index in [1.54, 1.807) is 6.20 Å². The van der Waals surface area contributed by atoms with Crippen LogP contribution in [0.15, 0.2) is 84.4 Å². The summed E-state index contributed by atoms with van der Waals surface area (Å²) in [5.74, 6) is -2.57. The third-order valence-electron chi connectivity index (χ3n) is 8.77. The summed E-state index contributed by atoms with van der Waals surface area (Å²) >= 11 is 0. The van der Waals surface area contributed by atoms with E-state index in [4.69, 9.17) is 0 Å². The maximum Gasteiger partial charge on any atom is 0.287 e. The van der Waals surface area contributed by atoms with E-state index in [1.807, 2.05) is 39.0 Å². The number of hydrazine groups is 1. The van der Waals surface area contributed by atoms with Crippen molar-refractivity contribution in [2.45, 2.75) is 130 Å². The molecule has 0 saturated heterocycles. The molecule has 0 aliphatic rings. The van der Waals surface area contributed by atoms with Crippen LogP contribution in [0.5, 0.6) is 0 Å². The molecule has 2 aromatic rings. The van der Waals surface area contributed by atoms with Crippen molar-refractivity contribution in [3.05, 3.63) is 107 Å². The molecule has 0 bridgehead atoms. The maximum absolute atomic E-state index is 15.2. The van der Waals surface area contributed by atoms with Crippen LogP contribution in [0.4, 0.5) is 13.2 Å². The minimum absolute atomic E-state index is 0.214. The van der Waals surface area contributed by atoms with Gasteiger partial charge in [-0.05, 0) is 74.6 Å². The molecule has 3 unspecified atom stereocenters. The summed E-state index contributed by atoms with van der Waals surface area (Å²) in [5.41, 5.74) is 10.4. The third-order valence-corrected chi connectivity index (χ3v) is 8.77. The van der Waals surface area contributed by atoms with Crippen LogP contribution in [-0.2, 0) is 17.8 Å². The lowest BCUT2D eigenvalue weighted by atomic mass is 9.73. The van der Waals surface area contributed by atoms with E-state index in [-0.39, 0.29) is 11.6 Å². The number of alkyl halides is 3. The number of hydrogen-bond acceptors (Lipinski definition) is 4. The zero-order valence-electron chi connectivity index (χ0n) is 29.8. The van der Waals surface area contributed by atoms with Gasteiger partial charge in [0.15, 0.2) is 0 Å². The second kappa shape index (κ2) is 17.1. The van der Waals surface area contributed by atoms with Crippen LogP contribution in [0.3, 0.4) is 0 Å². The predicted octanol–water partition coefficient (Wildman–Crippen LogP) is 10.6. The predicted molar refractivity (Wildman–Crippen MR) is 188 cm³/mol. The first kappa shape index (κ1) is 39.0. The van der Waals surface area contributed by atoms with Crippen LogP contribution < -0.4 is 10.9 Å². The van der Waals surface area contributed by atoms with Gasteiger partial charge in [0.1, 0.15) is 18.2 Å². The molecule has 0 saturated carbocycles. The molecule has 254 valence electrons. The second-order valence-electron chi connectivity index (χ2n) is 13.8. The smallest absolute Gasteiger partial charge is 0.287 e. The van der Waals surface area contributed by atoms with Crippen molar-refractivity contribution in [2.75, 3.05) is 0 Å². The molecule has 2 N–H and O–H groups in total. The largest absolute Gasteiger partial charge is 0.329 e. The Morgan fingerprint density at radius 3 is 2.26 bits per heavy atom. The molecule has 0 aliphatic heterocycles. The molecule has 0 aliphatic carbocycles. The monoisotopic (exact) mass is 638 g/mol. The number of unbranched alkanes of at least 4 members (excludes halogenated alkanes) is 1. The maximum atomic E-state index is 15.2. The normalized spacial score (nSPS) is 16.7. The van der Waals surface area contributed by atoms with E-state index in [1.165, 1.54) is 24.9 Å². The quantitative estimate of drug-likeness (QED) is 0.0969. The Bertz CT molecular complexity index is 1370. The third kappa shape index (κ3) is 11.3. The number of aromatic nitrogens is 2. The molecule has 0 radical (unpaired) electrons. The van der Waals surface area contributed by atoms with E-state index in [0.29, 0.717) is 30.0 Å². The van der Waals surface area contributed by atoms with Gasteiger partial charge in [0.25, 0.3) is 5.92 Å². The molecule has 1 aromatic carbocycles. The average Bonchev–Trinajstić information content (AvgIpc) is 3.00. The Balaban J connectivity index is 2.95. The Kier molecular flexibility index (Phi) is 14.5. The van der Waals surface area contributed by atoms with Gasteiger partial charge >= 0.3 is 0 Å². The molecule has 0 amide bonds. The van der Waals surface area contributed by atoms with Crippen molar-refractivity contribution >= 4 is 0 Å². The number of halogens is 3. The number of nitrogens with zero attached hydrogens (tertiary/aromatic N) is 2. The van der Waals surface area contributed by atoms with Crippen LogP contribution in [0.1, 0.15) is 123 Å². The summed E-state index contributed by atoms with van der Waals surface area (Å²) in [7, 11) is 0. The van der Waals surface area contributed by atoms with Crippen molar-refractivity contribution in [3.63, 3.8) is 0 Å². The van der Waals surface area contributed by atoms with Crippen LogP contribution in [0, 0.1) is 5.92 Å². The van der Waals surface area contributed by atoms with Gasteiger partial charge in [-0.15, -0.1) is 0 Å². The molecular formula is C39H57F3N4. The highest BCUT2D eigenvalue weighted by molar-refractivity contribution is 5.40. The molecule has 3 atom stereocenters. The summed E-state index contributed by atoms with van der Waals surface area (Å²) in [6, 6.07) is 9.98. The van der Waals surface area contributed by atoms with Gasteiger partial charge in [0.2, 0.25) is 0 Å². The summed E-state index contributed by atoms with van der Waals surface area (Å²) in [5, 5.41) is 0. The first-order valence-electron chi connectivity index (χ1n) is 16.6. The lowest BCUT2D eigenvalue weighted by Gasteiger charge is -2.37. The Morgan fingerprint density at radius 2 is 1.70 bits per heavy atom.